The van der Waals surface area contributed by atoms with Crippen molar-refractivity contribution in [3.8, 4) is 0 Å². The van der Waals surface area contributed by atoms with E-state index in [1.807, 2.05) is 5.38 Å². The monoisotopic (exact) mass is 211 g/mol. The quantitative estimate of drug-likeness (QED) is 0.714. The summed E-state index contributed by atoms with van der Waals surface area (Å²) in [5, 5.41) is 8.75. The van der Waals surface area contributed by atoms with Gasteiger partial charge in [0, 0.05) is 5.38 Å². The van der Waals surface area contributed by atoms with Crippen LogP contribution in [-0.4, -0.2) is 15.5 Å². The molecule has 0 radical (unpaired) electrons. The first kappa shape index (κ1) is 9.58. The van der Waals surface area contributed by atoms with E-state index in [-0.39, 0.29) is 23.3 Å². The molecule has 0 saturated carbocycles. The third-order valence-corrected chi connectivity index (χ3v) is 3.06. The Morgan fingerprint density at radius 1 is 1.50 bits per heavy atom. The summed E-state index contributed by atoms with van der Waals surface area (Å²) >= 11 is 1.32. The predicted molar refractivity (Wildman–Crippen MR) is 53.7 cm³/mol. The Labute approximate surface area is 86.9 Å². The number of carbonyl (C=O) groups is 1. The lowest BCUT2D eigenvalue weighted by atomic mass is 9.70. The molecular weight excluding hydrogens is 198 g/mol. The van der Waals surface area contributed by atoms with Crippen molar-refractivity contribution in [1.82, 2.24) is 14.9 Å². The van der Waals surface area contributed by atoms with E-state index in [1.165, 1.54) is 11.5 Å². The van der Waals surface area contributed by atoms with Crippen LogP contribution in [0.5, 0.6) is 0 Å². The van der Waals surface area contributed by atoms with Gasteiger partial charge in [0.1, 0.15) is 0 Å². The van der Waals surface area contributed by atoms with Gasteiger partial charge in [0.15, 0.2) is 0 Å². The molecule has 1 aliphatic heterocycles. The molecule has 1 aromatic rings. The Morgan fingerprint density at radius 3 is 2.64 bits per heavy atom. The summed E-state index contributed by atoms with van der Waals surface area (Å²) in [5.74, 6) is 0.141. The fraction of sp³-hybridized carbons (Fsp3) is 0.667. The first-order valence-corrected chi connectivity index (χ1v) is 5.41. The van der Waals surface area contributed by atoms with E-state index in [1.54, 1.807) is 0 Å². The number of carbonyl (C=O) groups excluding carboxylic acids is 1. The zero-order valence-corrected chi connectivity index (χ0v) is 9.26. The number of hydrogen-bond acceptors (Lipinski definition) is 4. The molecule has 2 atom stereocenters. The van der Waals surface area contributed by atoms with Crippen molar-refractivity contribution >= 4 is 17.4 Å². The van der Waals surface area contributed by atoms with Gasteiger partial charge in [-0.1, -0.05) is 25.3 Å². The number of nitrogens with one attached hydrogen (secondary N) is 1. The van der Waals surface area contributed by atoms with E-state index in [4.69, 9.17) is 0 Å². The van der Waals surface area contributed by atoms with E-state index in [2.05, 4.69) is 35.7 Å². The molecule has 0 aromatic carbocycles. The Kier molecular flexibility index (Phi) is 2.06. The maximum Gasteiger partial charge on any atom is 0.226 e. The maximum atomic E-state index is 11.4. The minimum Gasteiger partial charge on any atom is -0.346 e. The molecule has 1 fully saturated rings. The molecule has 1 saturated heterocycles. The van der Waals surface area contributed by atoms with Crippen molar-refractivity contribution in [2.75, 3.05) is 0 Å². The van der Waals surface area contributed by atoms with Crippen LogP contribution in [0.1, 0.15) is 32.5 Å². The highest BCUT2D eigenvalue weighted by Crippen LogP contribution is 2.41. The molecule has 2 unspecified atom stereocenters. The third kappa shape index (κ3) is 1.41. The normalized spacial score (nSPS) is 26.9. The van der Waals surface area contributed by atoms with Crippen molar-refractivity contribution in [2.24, 2.45) is 11.3 Å². The van der Waals surface area contributed by atoms with Gasteiger partial charge in [0.25, 0.3) is 0 Å². The second-order valence-electron chi connectivity index (χ2n) is 4.66. The molecule has 2 heterocycles. The van der Waals surface area contributed by atoms with Gasteiger partial charge in [0.05, 0.1) is 17.7 Å². The summed E-state index contributed by atoms with van der Waals surface area (Å²) in [6.07, 6.45) is 0. The summed E-state index contributed by atoms with van der Waals surface area (Å²) in [4.78, 5) is 11.4. The van der Waals surface area contributed by atoms with Crippen molar-refractivity contribution in [1.29, 1.82) is 0 Å². The van der Waals surface area contributed by atoms with Gasteiger partial charge < -0.3 is 5.32 Å². The average Bonchev–Trinajstić information content (AvgIpc) is 2.47. The number of β-lactam (4-membered cyclic amide) rings is 1. The fourth-order valence-corrected chi connectivity index (χ4v) is 2.32. The summed E-state index contributed by atoms with van der Waals surface area (Å²) in [5.41, 5.74) is 0.867. The van der Waals surface area contributed by atoms with Crippen molar-refractivity contribution in [3.63, 3.8) is 0 Å². The first-order chi connectivity index (χ1) is 6.50. The van der Waals surface area contributed by atoms with Crippen molar-refractivity contribution < 1.29 is 4.79 Å². The fourth-order valence-electron chi connectivity index (χ4n) is 1.83. The van der Waals surface area contributed by atoms with E-state index in [0.717, 1.165) is 5.69 Å². The maximum absolute atomic E-state index is 11.4. The highest BCUT2D eigenvalue weighted by Gasteiger charge is 2.48. The molecule has 1 N–H and O–H groups in total. The molecule has 1 amide bonds. The molecule has 0 spiro atoms. The molecule has 2 rings (SSSR count). The topological polar surface area (TPSA) is 54.9 Å². The van der Waals surface area contributed by atoms with Crippen LogP contribution in [0.25, 0.3) is 0 Å². The van der Waals surface area contributed by atoms with Crippen LogP contribution in [0.4, 0.5) is 0 Å². The van der Waals surface area contributed by atoms with Crippen LogP contribution in [0.15, 0.2) is 5.38 Å². The predicted octanol–water partition coefficient (Wildman–Crippen LogP) is 1.37. The molecule has 14 heavy (non-hydrogen) atoms. The van der Waals surface area contributed by atoms with Crippen molar-refractivity contribution in [2.45, 2.75) is 26.8 Å². The van der Waals surface area contributed by atoms with Gasteiger partial charge in [-0.25, -0.2) is 0 Å². The van der Waals surface area contributed by atoms with E-state index in [0.29, 0.717) is 0 Å². The van der Waals surface area contributed by atoms with Crippen LogP contribution < -0.4 is 5.32 Å². The second-order valence-corrected chi connectivity index (χ2v) is 5.27. The number of hydrogen-bond donors (Lipinski definition) is 1. The Morgan fingerprint density at radius 2 is 2.21 bits per heavy atom. The van der Waals surface area contributed by atoms with Gasteiger partial charge >= 0.3 is 0 Å². The van der Waals surface area contributed by atoms with Crippen LogP contribution in [0, 0.1) is 11.3 Å². The lowest BCUT2D eigenvalue weighted by molar-refractivity contribution is -0.141. The highest BCUT2D eigenvalue weighted by atomic mass is 32.1. The van der Waals surface area contributed by atoms with Gasteiger partial charge in [-0.15, -0.1) is 5.10 Å². The first-order valence-electron chi connectivity index (χ1n) is 4.57. The molecule has 76 valence electrons. The van der Waals surface area contributed by atoms with Crippen LogP contribution >= 0.6 is 11.5 Å². The largest absolute Gasteiger partial charge is 0.346 e. The molecule has 1 aliphatic rings. The number of nitrogens with zero attached hydrogens (tertiary/aromatic N) is 2. The molecule has 5 heteroatoms. The van der Waals surface area contributed by atoms with Gasteiger partial charge in [-0.2, -0.15) is 0 Å². The summed E-state index contributed by atoms with van der Waals surface area (Å²) in [6.45, 7) is 6.22. The lowest BCUT2D eigenvalue weighted by Crippen LogP contribution is -2.56. The average molecular weight is 211 g/mol. The molecule has 1 aromatic heterocycles. The van der Waals surface area contributed by atoms with Crippen LogP contribution in [0.2, 0.25) is 0 Å². The Bertz CT molecular complexity index is 341. The molecule has 0 aliphatic carbocycles. The van der Waals surface area contributed by atoms with Crippen molar-refractivity contribution in [3.05, 3.63) is 11.1 Å². The van der Waals surface area contributed by atoms with E-state index >= 15 is 0 Å². The Hall–Kier alpha value is -0.970. The molecule has 4 nitrogen and oxygen atoms in total. The number of rotatable bonds is 1. The highest BCUT2D eigenvalue weighted by molar-refractivity contribution is 7.03. The number of amides is 1. The van der Waals surface area contributed by atoms with Crippen LogP contribution in [-0.2, 0) is 4.79 Å². The summed E-state index contributed by atoms with van der Waals surface area (Å²) in [6, 6.07) is 0.0567. The second kappa shape index (κ2) is 3.02. The zero-order valence-electron chi connectivity index (χ0n) is 8.44. The lowest BCUT2D eigenvalue weighted by Gasteiger charge is -2.43. The third-order valence-electron chi connectivity index (χ3n) is 2.54. The minimum absolute atomic E-state index is 0.0172. The molecule has 0 bridgehead atoms. The van der Waals surface area contributed by atoms with Crippen LogP contribution in [0.3, 0.4) is 0 Å². The van der Waals surface area contributed by atoms with Gasteiger partial charge in [-0.05, 0) is 16.9 Å². The van der Waals surface area contributed by atoms with E-state index in [9.17, 15) is 4.79 Å². The minimum atomic E-state index is -0.0172. The standard InChI is InChI=1S/C9H13N3OS/c1-9(2,3)6-7(10-8(6)13)5-4-14-12-11-5/h4,6-7H,1-3H3,(H,10,13). The zero-order chi connectivity index (χ0) is 10.3. The molecular formula is C9H13N3OS. The smallest absolute Gasteiger partial charge is 0.226 e. The summed E-state index contributed by atoms with van der Waals surface area (Å²) < 4.78 is 3.81. The van der Waals surface area contributed by atoms with Gasteiger partial charge in [0.2, 0.25) is 5.91 Å². The summed E-state index contributed by atoms with van der Waals surface area (Å²) in [7, 11) is 0. The Balaban J connectivity index is 2.21. The SMILES string of the molecule is CC(C)(C)C1C(=O)NC1c1csnn1. The van der Waals surface area contributed by atoms with E-state index < -0.39 is 0 Å². The number of aromatic nitrogens is 2. The van der Waals surface area contributed by atoms with Gasteiger partial charge in [-0.3, -0.25) is 4.79 Å².